The SMILES string of the molecule is CCCCOc1c(CNC(=O)O)n(CCC)c(=O)c2ccc(Cl)cc12. The van der Waals surface area contributed by atoms with E-state index in [-0.39, 0.29) is 12.1 Å². The lowest BCUT2D eigenvalue weighted by atomic mass is 10.1. The van der Waals surface area contributed by atoms with Crippen molar-refractivity contribution in [3.8, 4) is 5.75 Å². The molecule has 7 heteroatoms. The minimum atomic E-state index is -1.15. The van der Waals surface area contributed by atoms with E-state index in [9.17, 15) is 9.59 Å². The van der Waals surface area contributed by atoms with Crippen LogP contribution in [0.2, 0.25) is 5.02 Å². The second-order valence-corrected chi connectivity index (χ2v) is 6.22. The van der Waals surface area contributed by atoms with Crippen molar-refractivity contribution in [2.45, 2.75) is 46.2 Å². The number of amides is 1. The number of benzene rings is 1. The molecule has 2 N–H and O–H groups in total. The number of halogens is 1. The lowest BCUT2D eigenvalue weighted by molar-refractivity contribution is 0.193. The van der Waals surface area contributed by atoms with Crippen molar-refractivity contribution in [3.05, 3.63) is 39.3 Å². The molecule has 1 aromatic carbocycles. The first kappa shape index (κ1) is 19.1. The topological polar surface area (TPSA) is 80.6 Å². The van der Waals surface area contributed by atoms with Gasteiger partial charge < -0.3 is 19.7 Å². The molecule has 1 heterocycles. The van der Waals surface area contributed by atoms with Gasteiger partial charge in [0, 0.05) is 17.0 Å². The second kappa shape index (κ2) is 8.76. The summed E-state index contributed by atoms with van der Waals surface area (Å²) in [5, 5.41) is 12.9. The van der Waals surface area contributed by atoms with Crippen LogP contribution in [0.1, 0.15) is 38.8 Å². The van der Waals surface area contributed by atoms with Crippen molar-refractivity contribution in [1.29, 1.82) is 0 Å². The highest BCUT2D eigenvalue weighted by Gasteiger charge is 2.18. The maximum atomic E-state index is 12.9. The minimum Gasteiger partial charge on any atom is -0.491 e. The van der Waals surface area contributed by atoms with E-state index in [1.54, 1.807) is 22.8 Å². The van der Waals surface area contributed by atoms with E-state index in [2.05, 4.69) is 12.2 Å². The number of pyridine rings is 1. The summed E-state index contributed by atoms with van der Waals surface area (Å²) in [6.07, 6.45) is 1.42. The van der Waals surface area contributed by atoms with Gasteiger partial charge in [-0.3, -0.25) is 4.79 Å². The van der Waals surface area contributed by atoms with Crippen molar-refractivity contribution in [3.63, 3.8) is 0 Å². The third kappa shape index (κ3) is 4.45. The Hall–Kier alpha value is -2.21. The van der Waals surface area contributed by atoms with Gasteiger partial charge in [0.2, 0.25) is 0 Å². The molecule has 0 saturated carbocycles. The lowest BCUT2D eigenvalue weighted by Gasteiger charge is -2.20. The predicted molar refractivity (Wildman–Crippen MR) is 98.8 cm³/mol. The van der Waals surface area contributed by atoms with Gasteiger partial charge in [0.1, 0.15) is 5.75 Å². The average Bonchev–Trinajstić information content (AvgIpc) is 2.57. The highest BCUT2D eigenvalue weighted by atomic mass is 35.5. The molecule has 0 spiro atoms. The molecule has 2 rings (SSSR count). The molecule has 0 unspecified atom stereocenters. The Morgan fingerprint density at radius 3 is 2.68 bits per heavy atom. The van der Waals surface area contributed by atoms with Crippen LogP contribution in [0.3, 0.4) is 0 Å². The van der Waals surface area contributed by atoms with Gasteiger partial charge in [-0.1, -0.05) is 31.9 Å². The zero-order valence-electron chi connectivity index (χ0n) is 14.5. The number of nitrogens with one attached hydrogen (secondary N) is 1. The molecule has 0 fully saturated rings. The molecule has 2 aromatic rings. The fourth-order valence-electron chi connectivity index (χ4n) is 2.71. The van der Waals surface area contributed by atoms with Crippen LogP contribution >= 0.6 is 11.6 Å². The number of carbonyl (C=O) groups is 1. The van der Waals surface area contributed by atoms with E-state index < -0.39 is 6.09 Å². The molecule has 25 heavy (non-hydrogen) atoms. The Balaban J connectivity index is 2.70. The summed E-state index contributed by atoms with van der Waals surface area (Å²) in [7, 11) is 0. The molecule has 0 atom stereocenters. The minimum absolute atomic E-state index is 0.00547. The summed E-state index contributed by atoms with van der Waals surface area (Å²) in [4.78, 5) is 23.8. The molecule has 0 saturated heterocycles. The smallest absolute Gasteiger partial charge is 0.404 e. The summed E-state index contributed by atoms with van der Waals surface area (Å²) >= 11 is 6.11. The molecule has 1 amide bonds. The number of aromatic nitrogens is 1. The number of unbranched alkanes of at least 4 members (excludes halogenated alkanes) is 1. The Morgan fingerprint density at radius 1 is 1.28 bits per heavy atom. The van der Waals surface area contributed by atoms with Gasteiger partial charge in [-0.2, -0.15) is 0 Å². The standard InChI is InChI=1S/C18H23ClN2O4/c1-3-5-9-25-16-14-10-12(19)6-7-13(14)17(22)21(8-4-2)15(16)11-20-18(23)24/h6-7,10,20H,3-5,8-9,11H2,1-2H3,(H,23,24). The maximum Gasteiger partial charge on any atom is 0.404 e. The number of rotatable bonds is 8. The van der Waals surface area contributed by atoms with E-state index in [0.717, 1.165) is 19.3 Å². The summed E-state index contributed by atoms with van der Waals surface area (Å²) in [5.74, 6) is 0.521. The van der Waals surface area contributed by atoms with Gasteiger partial charge in [0.05, 0.1) is 24.2 Å². The highest BCUT2D eigenvalue weighted by molar-refractivity contribution is 6.31. The number of fused-ring (bicyclic) bond motifs is 1. The molecule has 0 bridgehead atoms. The molecule has 0 aliphatic heterocycles. The zero-order valence-corrected chi connectivity index (χ0v) is 15.2. The van der Waals surface area contributed by atoms with Crippen molar-refractivity contribution >= 4 is 28.5 Å². The predicted octanol–water partition coefficient (Wildman–Crippen LogP) is 4.01. The first-order valence-corrected chi connectivity index (χ1v) is 8.81. The van der Waals surface area contributed by atoms with Crippen LogP contribution in [0.4, 0.5) is 4.79 Å². The van der Waals surface area contributed by atoms with Crippen LogP contribution in [-0.2, 0) is 13.1 Å². The van der Waals surface area contributed by atoms with Crippen LogP contribution in [0.25, 0.3) is 10.8 Å². The highest BCUT2D eigenvalue weighted by Crippen LogP contribution is 2.30. The fraction of sp³-hybridized carbons (Fsp3) is 0.444. The van der Waals surface area contributed by atoms with Crippen LogP contribution in [-0.4, -0.2) is 22.4 Å². The molecule has 0 aliphatic rings. The van der Waals surface area contributed by atoms with Crippen LogP contribution in [0, 0.1) is 0 Å². The Kier molecular flexibility index (Phi) is 6.70. The van der Waals surface area contributed by atoms with E-state index in [1.165, 1.54) is 0 Å². The third-order valence-corrected chi connectivity index (χ3v) is 4.12. The summed E-state index contributed by atoms with van der Waals surface area (Å²) in [5.41, 5.74) is 0.360. The monoisotopic (exact) mass is 366 g/mol. The van der Waals surface area contributed by atoms with Gasteiger partial charge >= 0.3 is 6.09 Å². The molecule has 136 valence electrons. The number of hydrogen-bond acceptors (Lipinski definition) is 3. The molecule has 6 nitrogen and oxygen atoms in total. The molecule has 1 aromatic heterocycles. The number of hydrogen-bond donors (Lipinski definition) is 2. The van der Waals surface area contributed by atoms with Gasteiger partial charge in [-0.25, -0.2) is 4.79 Å². The Labute approximate surface area is 151 Å². The largest absolute Gasteiger partial charge is 0.491 e. The van der Waals surface area contributed by atoms with Crippen molar-refractivity contribution < 1.29 is 14.6 Å². The number of carboxylic acid groups (broad SMARTS) is 1. The Morgan fingerprint density at radius 2 is 2.04 bits per heavy atom. The zero-order chi connectivity index (χ0) is 18.4. The van der Waals surface area contributed by atoms with Gasteiger partial charge in [-0.15, -0.1) is 0 Å². The summed E-state index contributed by atoms with van der Waals surface area (Å²) in [6, 6.07) is 5.06. The van der Waals surface area contributed by atoms with Crippen molar-refractivity contribution in [2.24, 2.45) is 0 Å². The quantitative estimate of drug-likeness (QED) is 0.691. The first-order chi connectivity index (χ1) is 12.0. The van der Waals surface area contributed by atoms with Crippen LogP contribution in [0.15, 0.2) is 23.0 Å². The first-order valence-electron chi connectivity index (χ1n) is 8.44. The van der Waals surface area contributed by atoms with Gasteiger partial charge in [0.15, 0.2) is 0 Å². The maximum absolute atomic E-state index is 12.9. The van der Waals surface area contributed by atoms with Crippen LogP contribution < -0.4 is 15.6 Å². The molecule has 0 radical (unpaired) electrons. The van der Waals surface area contributed by atoms with Gasteiger partial charge in [-0.05, 0) is 31.0 Å². The third-order valence-electron chi connectivity index (χ3n) is 3.89. The summed E-state index contributed by atoms with van der Waals surface area (Å²) < 4.78 is 7.56. The van der Waals surface area contributed by atoms with E-state index in [0.29, 0.717) is 40.4 Å². The number of ether oxygens (including phenoxy) is 1. The average molecular weight is 367 g/mol. The van der Waals surface area contributed by atoms with Crippen LogP contribution in [0.5, 0.6) is 5.75 Å². The van der Waals surface area contributed by atoms with E-state index in [1.807, 2.05) is 6.92 Å². The summed E-state index contributed by atoms with van der Waals surface area (Å²) in [6.45, 7) is 4.99. The fourth-order valence-corrected chi connectivity index (χ4v) is 2.88. The molecular weight excluding hydrogens is 344 g/mol. The van der Waals surface area contributed by atoms with Crippen molar-refractivity contribution in [1.82, 2.24) is 9.88 Å². The Bertz CT molecular complexity index is 817. The van der Waals surface area contributed by atoms with Gasteiger partial charge in [0.25, 0.3) is 5.56 Å². The number of nitrogens with zero attached hydrogens (tertiary/aromatic N) is 1. The lowest BCUT2D eigenvalue weighted by Crippen LogP contribution is -2.30. The normalized spacial score (nSPS) is 10.8. The molecular formula is C18H23ClN2O4. The second-order valence-electron chi connectivity index (χ2n) is 5.78. The van der Waals surface area contributed by atoms with E-state index >= 15 is 0 Å². The van der Waals surface area contributed by atoms with E-state index in [4.69, 9.17) is 21.4 Å². The van der Waals surface area contributed by atoms with Crippen molar-refractivity contribution in [2.75, 3.05) is 6.61 Å². The molecule has 0 aliphatic carbocycles.